The third-order valence-corrected chi connectivity index (χ3v) is 4.63. The summed E-state index contributed by atoms with van der Waals surface area (Å²) < 4.78 is 2.19. The number of thioether (sulfide) groups is 1. The van der Waals surface area contributed by atoms with E-state index in [1.165, 1.54) is 19.2 Å². The summed E-state index contributed by atoms with van der Waals surface area (Å²) in [4.78, 5) is 8.44. The van der Waals surface area contributed by atoms with Crippen LogP contribution in [0.5, 0.6) is 0 Å². The summed E-state index contributed by atoms with van der Waals surface area (Å²) >= 11 is 1.95. The molecule has 0 radical (unpaired) electrons. The molecule has 0 atom stereocenters. The number of nitrogens with zero attached hydrogens (tertiary/aromatic N) is 4. The number of aryl methyl sites for hydroxylation is 1. The summed E-state index contributed by atoms with van der Waals surface area (Å²) in [5, 5.41) is 7.65. The van der Waals surface area contributed by atoms with Crippen LogP contribution in [0.15, 0.2) is 12.4 Å². The van der Waals surface area contributed by atoms with Crippen molar-refractivity contribution in [2.45, 2.75) is 24.5 Å². The molecular weight excluding hydrogens is 234 g/mol. The smallest absolute Gasteiger partial charge is 0.254 e. The highest BCUT2D eigenvalue weighted by atomic mass is 32.2. The average molecular weight is 249 g/mol. The first-order chi connectivity index (χ1) is 8.22. The minimum absolute atomic E-state index is 0.435. The molecular formula is C11H15N5S. The van der Waals surface area contributed by atoms with Gasteiger partial charge in [0, 0.05) is 23.1 Å². The molecule has 3 rings (SSSR count). The minimum Gasteiger partial charge on any atom is -0.368 e. The maximum absolute atomic E-state index is 4.32. The lowest BCUT2D eigenvalue weighted by atomic mass is 10.4. The Morgan fingerprint density at radius 3 is 3.06 bits per heavy atom. The van der Waals surface area contributed by atoms with E-state index in [-0.39, 0.29) is 0 Å². The summed E-state index contributed by atoms with van der Waals surface area (Å²) in [6.07, 6.45) is 6.31. The van der Waals surface area contributed by atoms with Crippen LogP contribution in [0.4, 0.5) is 5.82 Å². The molecule has 0 bridgehead atoms. The van der Waals surface area contributed by atoms with Gasteiger partial charge in [0.25, 0.3) is 5.78 Å². The summed E-state index contributed by atoms with van der Waals surface area (Å²) in [7, 11) is 0. The van der Waals surface area contributed by atoms with Crippen molar-refractivity contribution in [2.24, 2.45) is 0 Å². The zero-order valence-corrected chi connectivity index (χ0v) is 10.8. The van der Waals surface area contributed by atoms with Gasteiger partial charge in [-0.3, -0.25) is 0 Å². The first-order valence-corrected chi connectivity index (χ1v) is 6.91. The SMILES string of the molecule is CSC1(CNc2cc(C)nc3ncnn23)CC1. The van der Waals surface area contributed by atoms with E-state index < -0.39 is 0 Å². The third kappa shape index (κ3) is 1.97. The van der Waals surface area contributed by atoms with Crippen molar-refractivity contribution in [1.29, 1.82) is 0 Å². The molecule has 0 saturated heterocycles. The molecule has 2 aromatic rings. The van der Waals surface area contributed by atoms with Crippen LogP contribution in [0.25, 0.3) is 5.78 Å². The Bertz CT molecular complexity index is 546. The molecule has 5 nitrogen and oxygen atoms in total. The van der Waals surface area contributed by atoms with Gasteiger partial charge in [-0.25, -0.2) is 4.98 Å². The van der Waals surface area contributed by atoms with Crippen LogP contribution in [0.3, 0.4) is 0 Å². The first kappa shape index (κ1) is 10.8. The number of fused-ring (bicyclic) bond motifs is 1. The van der Waals surface area contributed by atoms with Gasteiger partial charge in [0.05, 0.1) is 0 Å². The minimum atomic E-state index is 0.435. The molecule has 1 saturated carbocycles. The van der Waals surface area contributed by atoms with Crippen molar-refractivity contribution < 1.29 is 0 Å². The van der Waals surface area contributed by atoms with Crippen molar-refractivity contribution in [1.82, 2.24) is 19.6 Å². The van der Waals surface area contributed by atoms with Crippen molar-refractivity contribution in [2.75, 3.05) is 18.1 Å². The number of hydrogen-bond acceptors (Lipinski definition) is 5. The molecule has 1 aliphatic carbocycles. The van der Waals surface area contributed by atoms with E-state index in [2.05, 4.69) is 26.6 Å². The molecule has 0 amide bonds. The Hall–Kier alpha value is -1.30. The second-order valence-corrected chi connectivity index (χ2v) is 5.77. The van der Waals surface area contributed by atoms with Crippen LogP contribution < -0.4 is 5.32 Å². The van der Waals surface area contributed by atoms with Gasteiger partial charge in [-0.2, -0.15) is 26.4 Å². The van der Waals surface area contributed by atoms with Crippen LogP contribution in [-0.4, -0.2) is 37.1 Å². The van der Waals surface area contributed by atoms with E-state index in [9.17, 15) is 0 Å². The normalized spacial score (nSPS) is 17.3. The van der Waals surface area contributed by atoms with Crippen molar-refractivity contribution in [3.8, 4) is 0 Å². The molecule has 0 aromatic carbocycles. The zero-order chi connectivity index (χ0) is 11.9. The van der Waals surface area contributed by atoms with Gasteiger partial charge in [-0.05, 0) is 26.0 Å². The van der Waals surface area contributed by atoms with Crippen molar-refractivity contribution >= 4 is 23.4 Å². The van der Waals surface area contributed by atoms with Gasteiger partial charge in [0.2, 0.25) is 0 Å². The van der Waals surface area contributed by atoms with Crippen molar-refractivity contribution in [3.63, 3.8) is 0 Å². The van der Waals surface area contributed by atoms with E-state index in [4.69, 9.17) is 0 Å². The molecule has 1 fully saturated rings. The summed E-state index contributed by atoms with van der Waals surface area (Å²) in [6.45, 7) is 2.95. The van der Waals surface area contributed by atoms with Gasteiger partial charge < -0.3 is 5.32 Å². The second kappa shape index (κ2) is 3.87. The summed E-state index contributed by atoms with van der Waals surface area (Å²) in [5.74, 6) is 1.63. The Morgan fingerprint density at radius 2 is 2.35 bits per heavy atom. The molecule has 6 heteroatoms. The highest BCUT2D eigenvalue weighted by Gasteiger charge is 2.41. The summed E-state index contributed by atoms with van der Waals surface area (Å²) in [6, 6.07) is 2.01. The monoisotopic (exact) mass is 249 g/mol. The Balaban J connectivity index is 1.86. The number of aromatic nitrogens is 4. The standard InChI is InChI=1S/C11H15N5S/c1-8-5-9(12-6-11(17-2)3-4-11)16-10(15-8)13-7-14-16/h5,7,12H,3-4,6H2,1-2H3. The van der Waals surface area contributed by atoms with Crippen LogP contribution >= 0.6 is 11.8 Å². The Labute approximate surface area is 104 Å². The fourth-order valence-electron chi connectivity index (χ4n) is 1.90. The van der Waals surface area contributed by atoms with Gasteiger partial charge in [0.15, 0.2) is 0 Å². The van der Waals surface area contributed by atoms with E-state index in [1.807, 2.05) is 24.8 Å². The van der Waals surface area contributed by atoms with E-state index >= 15 is 0 Å². The molecule has 2 heterocycles. The van der Waals surface area contributed by atoms with E-state index in [0.29, 0.717) is 10.5 Å². The van der Waals surface area contributed by atoms with E-state index in [0.717, 1.165) is 18.1 Å². The number of anilines is 1. The quantitative estimate of drug-likeness (QED) is 0.894. The third-order valence-electron chi connectivity index (χ3n) is 3.21. The maximum Gasteiger partial charge on any atom is 0.254 e. The van der Waals surface area contributed by atoms with E-state index in [1.54, 1.807) is 4.52 Å². The molecule has 90 valence electrons. The molecule has 1 aliphatic rings. The van der Waals surface area contributed by atoms with Crippen LogP contribution in [0, 0.1) is 6.92 Å². The lowest BCUT2D eigenvalue weighted by Gasteiger charge is -2.14. The van der Waals surface area contributed by atoms with Gasteiger partial charge in [-0.1, -0.05) is 0 Å². The number of hydrogen-bond donors (Lipinski definition) is 1. The van der Waals surface area contributed by atoms with Crippen molar-refractivity contribution in [3.05, 3.63) is 18.1 Å². The second-order valence-electron chi connectivity index (χ2n) is 4.50. The predicted octanol–water partition coefficient (Wildman–Crippen LogP) is 1.74. The molecule has 2 aromatic heterocycles. The van der Waals surface area contributed by atoms with Crippen LogP contribution in [0.2, 0.25) is 0 Å². The number of nitrogens with one attached hydrogen (secondary N) is 1. The lowest BCUT2D eigenvalue weighted by Crippen LogP contribution is -2.19. The van der Waals surface area contributed by atoms with Crippen LogP contribution in [-0.2, 0) is 0 Å². The lowest BCUT2D eigenvalue weighted by molar-refractivity contribution is 0.885. The molecule has 0 unspecified atom stereocenters. The largest absolute Gasteiger partial charge is 0.368 e. The number of rotatable bonds is 4. The fraction of sp³-hybridized carbons (Fsp3) is 0.545. The maximum atomic E-state index is 4.32. The van der Waals surface area contributed by atoms with Gasteiger partial charge >= 0.3 is 0 Å². The zero-order valence-electron chi connectivity index (χ0n) is 9.97. The molecule has 17 heavy (non-hydrogen) atoms. The van der Waals surface area contributed by atoms with Gasteiger partial charge in [0.1, 0.15) is 12.1 Å². The van der Waals surface area contributed by atoms with Crippen LogP contribution in [0.1, 0.15) is 18.5 Å². The first-order valence-electron chi connectivity index (χ1n) is 5.69. The topological polar surface area (TPSA) is 55.1 Å². The highest BCUT2D eigenvalue weighted by molar-refractivity contribution is 8.00. The molecule has 0 spiro atoms. The Kier molecular flexibility index (Phi) is 2.47. The highest BCUT2D eigenvalue weighted by Crippen LogP contribution is 2.46. The van der Waals surface area contributed by atoms with Gasteiger partial charge in [-0.15, -0.1) is 0 Å². The predicted molar refractivity (Wildman–Crippen MR) is 69.5 cm³/mol. The summed E-state index contributed by atoms with van der Waals surface area (Å²) in [5.41, 5.74) is 0.960. The Morgan fingerprint density at radius 1 is 1.53 bits per heavy atom. The molecule has 0 aliphatic heterocycles. The molecule has 1 N–H and O–H groups in total. The fourth-order valence-corrected chi connectivity index (χ4v) is 2.63. The average Bonchev–Trinajstić information content (AvgIpc) is 2.96.